The highest BCUT2D eigenvalue weighted by Gasteiger charge is 2.18. The highest BCUT2D eigenvalue weighted by molar-refractivity contribution is 5.55. The summed E-state index contributed by atoms with van der Waals surface area (Å²) in [5, 5.41) is 19.7. The Bertz CT molecular complexity index is 744. The van der Waals surface area contributed by atoms with Crippen molar-refractivity contribution in [3.8, 4) is 6.07 Å². The van der Waals surface area contributed by atoms with Gasteiger partial charge in [0.25, 0.3) is 5.69 Å². The van der Waals surface area contributed by atoms with E-state index in [0.717, 1.165) is 37.6 Å². The summed E-state index contributed by atoms with van der Waals surface area (Å²) in [5.41, 5.74) is 2.84. The Morgan fingerprint density at radius 1 is 0.957 bits per heavy atom. The maximum Gasteiger partial charge on any atom is 0.269 e. The monoisotopic (exact) mass is 308 g/mol. The van der Waals surface area contributed by atoms with E-state index < -0.39 is 0 Å². The Hall–Kier alpha value is -3.07. The molecule has 1 fully saturated rings. The molecule has 23 heavy (non-hydrogen) atoms. The van der Waals surface area contributed by atoms with Crippen molar-refractivity contribution in [1.82, 2.24) is 0 Å². The number of nitrogens with zero attached hydrogens (tertiary/aromatic N) is 4. The normalized spacial score (nSPS) is 14.4. The van der Waals surface area contributed by atoms with Crippen LogP contribution < -0.4 is 9.80 Å². The highest BCUT2D eigenvalue weighted by Crippen LogP contribution is 2.23. The Balaban J connectivity index is 1.66. The van der Waals surface area contributed by atoms with Crippen LogP contribution in [0.1, 0.15) is 5.56 Å². The van der Waals surface area contributed by atoms with Crippen LogP contribution in [0.3, 0.4) is 0 Å². The standard InChI is InChI=1S/C17H16N4O2/c18-13-14-2-1-3-17(12-14)20-10-8-19(9-11-20)15-4-6-16(7-5-15)21(22)23/h1-7,12H,8-11H2. The van der Waals surface area contributed by atoms with E-state index in [4.69, 9.17) is 5.26 Å². The number of hydrogen-bond acceptors (Lipinski definition) is 5. The molecule has 6 nitrogen and oxygen atoms in total. The van der Waals surface area contributed by atoms with Crippen molar-refractivity contribution in [2.45, 2.75) is 0 Å². The van der Waals surface area contributed by atoms with Crippen LogP contribution in [0.2, 0.25) is 0 Å². The van der Waals surface area contributed by atoms with Gasteiger partial charge in [-0.1, -0.05) is 6.07 Å². The van der Waals surface area contributed by atoms with Crippen LogP contribution >= 0.6 is 0 Å². The lowest BCUT2D eigenvalue weighted by molar-refractivity contribution is -0.384. The lowest BCUT2D eigenvalue weighted by Gasteiger charge is -2.37. The number of nitro benzene ring substituents is 1. The fraction of sp³-hybridized carbons (Fsp3) is 0.235. The predicted molar refractivity (Wildman–Crippen MR) is 88.7 cm³/mol. The van der Waals surface area contributed by atoms with Crippen molar-refractivity contribution in [3.05, 3.63) is 64.2 Å². The summed E-state index contributed by atoms with van der Waals surface area (Å²) < 4.78 is 0. The molecule has 1 aliphatic heterocycles. The molecule has 3 rings (SSSR count). The van der Waals surface area contributed by atoms with Crippen LogP contribution in [0.4, 0.5) is 17.1 Å². The van der Waals surface area contributed by atoms with Gasteiger partial charge in [0.1, 0.15) is 0 Å². The summed E-state index contributed by atoms with van der Waals surface area (Å²) >= 11 is 0. The molecule has 2 aromatic carbocycles. The fourth-order valence-electron chi connectivity index (χ4n) is 2.78. The molecule has 0 atom stereocenters. The predicted octanol–water partition coefficient (Wildman–Crippen LogP) is 2.79. The van der Waals surface area contributed by atoms with Crippen LogP contribution in [0.15, 0.2) is 48.5 Å². The molecule has 6 heteroatoms. The molecule has 0 unspecified atom stereocenters. The Morgan fingerprint density at radius 3 is 2.13 bits per heavy atom. The minimum atomic E-state index is -0.385. The van der Waals surface area contributed by atoms with Gasteiger partial charge in [0.05, 0.1) is 16.6 Å². The average molecular weight is 308 g/mol. The number of rotatable bonds is 3. The maximum absolute atomic E-state index is 10.7. The maximum atomic E-state index is 10.7. The SMILES string of the molecule is N#Cc1cccc(N2CCN(c3ccc([N+](=O)[O-])cc3)CC2)c1. The Morgan fingerprint density at radius 2 is 1.57 bits per heavy atom. The van der Waals surface area contributed by atoms with E-state index in [1.807, 2.05) is 18.2 Å². The van der Waals surface area contributed by atoms with Crippen molar-refractivity contribution in [1.29, 1.82) is 5.26 Å². The number of anilines is 2. The quantitative estimate of drug-likeness (QED) is 0.644. The van der Waals surface area contributed by atoms with Crippen LogP contribution in [0.25, 0.3) is 0 Å². The molecule has 0 amide bonds. The van der Waals surface area contributed by atoms with E-state index in [9.17, 15) is 10.1 Å². The molecule has 0 N–H and O–H groups in total. The van der Waals surface area contributed by atoms with Crippen molar-refractivity contribution >= 4 is 17.1 Å². The van der Waals surface area contributed by atoms with Gasteiger partial charge in [-0.15, -0.1) is 0 Å². The molecule has 1 saturated heterocycles. The van der Waals surface area contributed by atoms with Crippen LogP contribution in [-0.4, -0.2) is 31.1 Å². The smallest absolute Gasteiger partial charge is 0.269 e. The first-order valence-electron chi connectivity index (χ1n) is 7.42. The van der Waals surface area contributed by atoms with Crippen molar-refractivity contribution in [2.24, 2.45) is 0 Å². The summed E-state index contributed by atoms with van der Waals surface area (Å²) in [6.45, 7) is 3.39. The molecule has 2 aromatic rings. The molecular formula is C17H16N4O2. The number of non-ortho nitro benzene ring substituents is 1. The third-order valence-corrected chi connectivity index (χ3v) is 4.05. The van der Waals surface area contributed by atoms with Gasteiger partial charge in [0.2, 0.25) is 0 Å². The van der Waals surface area contributed by atoms with Crippen LogP contribution in [0.5, 0.6) is 0 Å². The number of piperazine rings is 1. The first-order valence-corrected chi connectivity index (χ1v) is 7.42. The minimum Gasteiger partial charge on any atom is -0.368 e. The second-order valence-electron chi connectivity index (χ2n) is 5.41. The summed E-state index contributed by atoms with van der Waals surface area (Å²) in [4.78, 5) is 14.8. The average Bonchev–Trinajstić information content (AvgIpc) is 2.62. The molecule has 0 aromatic heterocycles. The second kappa shape index (κ2) is 6.36. The minimum absolute atomic E-state index is 0.112. The van der Waals surface area contributed by atoms with Gasteiger partial charge in [-0.25, -0.2) is 0 Å². The molecule has 0 radical (unpaired) electrons. The lowest BCUT2D eigenvalue weighted by Crippen LogP contribution is -2.46. The number of benzene rings is 2. The number of nitriles is 1. The largest absolute Gasteiger partial charge is 0.368 e. The fourth-order valence-corrected chi connectivity index (χ4v) is 2.78. The van der Waals surface area contributed by atoms with Gasteiger partial charge in [0, 0.05) is 49.7 Å². The third kappa shape index (κ3) is 3.24. The van der Waals surface area contributed by atoms with E-state index in [-0.39, 0.29) is 10.6 Å². The first-order chi connectivity index (χ1) is 11.2. The molecule has 1 heterocycles. The van der Waals surface area contributed by atoms with Gasteiger partial charge >= 0.3 is 0 Å². The van der Waals surface area contributed by atoms with E-state index in [0.29, 0.717) is 5.56 Å². The summed E-state index contributed by atoms with van der Waals surface area (Å²) in [6.07, 6.45) is 0. The summed E-state index contributed by atoms with van der Waals surface area (Å²) in [6, 6.07) is 16.5. The molecule has 1 aliphatic rings. The van der Waals surface area contributed by atoms with Crippen molar-refractivity contribution < 1.29 is 4.92 Å². The highest BCUT2D eigenvalue weighted by atomic mass is 16.6. The molecular weight excluding hydrogens is 292 g/mol. The summed E-state index contributed by atoms with van der Waals surface area (Å²) in [7, 11) is 0. The van der Waals surface area contributed by atoms with Gasteiger partial charge in [-0.05, 0) is 30.3 Å². The third-order valence-electron chi connectivity index (χ3n) is 4.05. The van der Waals surface area contributed by atoms with Gasteiger partial charge in [-0.2, -0.15) is 5.26 Å². The van der Waals surface area contributed by atoms with Crippen LogP contribution in [0, 0.1) is 21.4 Å². The molecule has 0 saturated carbocycles. The zero-order chi connectivity index (χ0) is 16.2. The van der Waals surface area contributed by atoms with Crippen molar-refractivity contribution in [3.63, 3.8) is 0 Å². The van der Waals surface area contributed by atoms with Gasteiger partial charge in [-0.3, -0.25) is 10.1 Å². The van der Waals surface area contributed by atoms with Crippen molar-refractivity contribution in [2.75, 3.05) is 36.0 Å². The Kier molecular flexibility index (Phi) is 4.11. The molecule has 0 bridgehead atoms. The summed E-state index contributed by atoms with van der Waals surface area (Å²) in [5.74, 6) is 0. The zero-order valence-corrected chi connectivity index (χ0v) is 12.6. The number of hydrogen-bond donors (Lipinski definition) is 0. The Labute approximate surface area is 134 Å². The van der Waals surface area contributed by atoms with E-state index in [1.165, 1.54) is 12.1 Å². The molecule has 0 spiro atoms. The van der Waals surface area contributed by atoms with E-state index in [2.05, 4.69) is 15.9 Å². The zero-order valence-electron chi connectivity index (χ0n) is 12.6. The van der Waals surface area contributed by atoms with Gasteiger partial charge in [0.15, 0.2) is 0 Å². The first kappa shape index (κ1) is 14.9. The van der Waals surface area contributed by atoms with E-state index >= 15 is 0 Å². The molecule has 116 valence electrons. The van der Waals surface area contributed by atoms with Crippen LogP contribution in [-0.2, 0) is 0 Å². The topological polar surface area (TPSA) is 73.4 Å². The molecule has 0 aliphatic carbocycles. The number of nitro groups is 1. The van der Waals surface area contributed by atoms with E-state index in [1.54, 1.807) is 18.2 Å². The lowest BCUT2D eigenvalue weighted by atomic mass is 10.1. The second-order valence-corrected chi connectivity index (χ2v) is 5.41. The van der Waals surface area contributed by atoms with Gasteiger partial charge < -0.3 is 9.80 Å².